The summed E-state index contributed by atoms with van der Waals surface area (Å²) >= 11 is 0. The van der Waals surface area contributed by atoms with Gasteiger partial charge in [-0.3, -0.25) is 9.59 Å². The average molecular weight is 498 g/mol. The van der Waals surface area contributed by atoms with Crippen molar-refractivity contribution in [2.24, 2.45) is 11.8 Å². The molecule has 0 unspecified atom stereocenters. The molecule has 1 aliphatic heterocycles. The predicted octanol–water partition coefficient (Wildman–Crippen LogP) is 4.19. The van der Waals surface area contributed by atoms with Gasteiger partial charge in [-0.2, -0.15) is 0 Å². The fourth-order valence-electron chi connectivity index (χ4n) is 5.80. The number of hydrogen-bond donors (Lipinski definition) is 1. The van der Waals surface area contributed by atoms with Crippen molar-refractivity contribution in [2.45, 2.75) is 64.4 Å². The van der Waals surface area contributed by atoms with Gasteiger partial charge in [0.1, 0.15) is 12.0 Å². The molecule has 4 rings (SSSR count). The third-order valence-electron chi connectivity index (χ3n) is 7.53. The first-order valence-corrected chi connectivity index (χ1v) is 12.6. The molecule has 0 bridgehead atoms. The highest BCUT2D eigenvalue weighted by Crippen LogP contribution is 2.49. The number of allylic oxidation sites excluding steroid dienone is 3. The topological polar surface area (TPSA) is 100 Å². The van der Waals surface area contributed by atoms with Crippen molar-refractivity contribution in [1.82, 2.24) is 5.32 Å². The summed E-state index contributed by atoms with van der Waals surface area (Å²) in [5.41, 5.74) is 2.65. The molecule has 8 heteroatoms. The number of benzene rings is 1. The minimum Gasteiger partial charge on any atom is -0.493 e. The van der Waals surface area contributed by atoms with E-state index >= 15 is 0 Å². The largest absolute Gasteiger partial charge is 0.493 e. The number of carbonyl (C=O) groups is 3. The number of Topliss-reactive ketones (excluding diaryl/α,β-unsaturated/α-hetero) is 1. The Balaban J connectivity index is 1.86. The second-order valence-corrected chi connectivity index (χ2v) is 9.78. The van der Waals surface area contributed by atoms with E-state index in [9.17, 15) is 14.4 Å². The van der Waals surface area contributed by atoms with E-state index in [4.69, 9.17) is 18.9 Å². The summed E-state index contributed by atoms with van der Waals surface area (Å²) in [5, 5.41) is 3.30. The molecule has 1 aromatic carbocycles. The van der Waals surface area contributed by atoms with Crippen LogP contribution in [0.3, 0.4) is 0 Å². The van der Waals surface area contributed by atoms with Crippen molar-refractivity contribution in [2.75, 3.05) is 21.3 Å². The lowest BCUT2D eigenvalue weighted by Crippen LogP contribution is -2.43. The average Bonchev–Trinajstić information content (AvgIpc) is 2.87. The standard InChI is InChI=1S/C28H35NO7/c1-15-14-19-24(25(30)21(15)27(31)35-5)23(18-12-9-13-20(33-3)26(18)34-4)22(16(2)29-19)28(32)36-17-10-7-6-8-11-17/h9,12-13,15,17,21,23,29H,6-8,10-11,14H2,1-5H3/t15-,21+,23+/m0/s1. The number of esters is 2. The highest BCUT2D eigenvalue weighted by atomic mass is 16.5. The predicted molar refractivity (Wildman–Crippen MR) is 132 cm³/mol. The van der Waals surface area contributed by atoms with Gasteiger partial charge >= 0.3 is 11.9 Å². The van der Waals surface area contributed by atoms with Gasteiger partial charge < -0.3 is 24.3 Å². The number of dihydropyridines is 1. The molecule has 0 spiro atoms. The van der Waals surface area contributed by atoms with Crippen molar-refractivity contribution < 1.29 is 33.3 Å². The second kappa shape index (κ2) is 10.8. The van der Waals surface area contributed by atoms with Crippen LogP contribution in [-0.4, -0.2) is 45.2 Å². The molecule has 1 fully saturated rings. The van der Waals surface area contributed by atoms with E-state index in [0.717, 1.165) is 32.1 Å². The molecule has 1 saturated carbocycles. The Morgan fingerprint density at radius 1 is 1.03 bits per heavy atom. The molecule has 0 aromatic heterocycles. The van der Waals surface area contributed by atoms with E-state index in [0.29, 0.717) is 46.0 Å². The molecule has 1 aromatic rings. The van der Waals surface area contributed by atoms with Crippen molar-refractivity contribution in [3.8, 4) is 11.5 Å². The molecule has 1 heterocycles. The molecule has 0 saturated heterocycles. The van der Waals surface area contributed by atoms with Gasteiger partial charge in [-0.25, -0.2) is 4.79 Å². The summed E-state index contributed by atoms with van der Waals surface area (Å²) in [6.07, 6.45) is 5.15. The molecule has 36 heavy (non-hydrogen) atoms. The smallest absolute Gasteiger partial charge is 0.337 e. The van der Waals surface area contributed by atoms with Crippen LogP contribution in [-0.2, 0) is 23.9 Å². The Labute approximate surface area is 212 Å². The van der Waals surface area contributed by atoms with E-state index in [1.807, 2.05) is 19.9 Å². The Hall–Kier alpha value is -3.29. The van der Waals surface area contributed by atoms with Crippen LogP contribution < -0.4 is 14.8 Å². The van der Waals surface area contributed by atoms with E-state index in [-0.39, 0.29) is 17.8 Å². The minimum absolute atomic E-state index is 0.153. The molecule has 1 N–H and O–H groups in total. The van der Waals surface area contributed by atoms with Gasteiger partial charge in [-0.15, -0.1) is 0 Å². The zero-order valence-corrected chi connectivity index (χ0v) is 21.6. The first-order chi connectivity index (χ1) is 17.3. The monoisotopic (exact) mass is 497 g/mol. The summed E-state index contributed by atoms with van der Waals surface area (Å²) in [7, 11) is 4.34. The maximum absolute atomic E-state index is 13.9. The number of para-hydroxylation sites is 1. The lowest BCUT2D eigenvalue weighted by atomic mass is 9.69. The molecule has 0 amide bonds. The van der Waals surface area contributed by atoms with Crippen molar-refractivity contribution in [3.05, 3.63) is 46.3 Å². The number of ether oxygens (including phenoxy) is 4. The van der Waals surface area contributed by atoms with Crippen LogP contribution >= 0.6 is 0 Å². The van der Waals surface area contributed by atoms with Gasteiger partial charge in [-0.05, 0) is 51.0 Å². The quantitative estimate of drug-likeness (QED) is 0.461. The van der Waals surface area contributed by atoms with Gasteiger partial charge in [0.25, 0.3) is 0 Å². The highest BCUT2D eigenvalue weighted by Gasteiger charge is 2.48. The maximum Gasteiger partial charge on any atom is 0.337 e. The molecule has 2 aliphatic carbocycles. The van der Waals surface area contributed by atoms with Crippen LogP contribution in [0, 0.1) is 11.8 Å². The Morgan fingerprint density at radius 2 is 1.75 bits per heavy atom. The van der Waals surface area contributed by atoms with Crippen LogP contribution in [0.25, 0.3) is 0 Å². The molecular formula is C28H35NO7. The Kier molecular flexibility index (Phi) is 7.71. The van der Waals surface area contributed by atoms with Crippen LogP contribution in [0.2, 0.25) is 0 Å². The summed E-state index contributed by atoms with van der Waals surface area (Å²) < 4.78 is 22.2. The first kappa shape index (κ1) is 25.8. The van der Waals surface area contributed by atoms with Gasteiger partial charge in [-0.1, -0.05) is 25.5 Å². The van der Waals surface area contributed by atoms with Gasteiger partial charge in [0.2, 0.25) is 0 Å². The lowest BCUT2D eigenvalue weighted by Gasteiger charge is -2.39. The first-order valence-electron chi connectivity index (χ1n) is 12.6. The number of carbonyl (C=O) groups excluding carboxylic acids is 3. The second-order valence-electron chi connectivity index (χ2n) is 9.78. The van der Waals surface area contributed by atoms with Crippen molar-refractivity contribution >= 4 is 17.7 Å². The number of methoxy groups -OCH3 is 3. The van der Waals surface area contributed by atoms with Gasteiger partial charge in [0, 0.05) is 22.5 Å². The molecule has 0 radical (unpaired) electrons. The maximum atomic E-state index is 13.9. The lowest BCUT2D eigenvalue weighted by molar-refractivity contribution is -0.151. The third kappa shape index (κ3) is 4.61. The zero-order valence-electron chi connectivity index (χ0n) is 21.6. The van der Waals surface area contributed by atoms with E-state index < -0.39 is 23.8 Å². The zero-order chi connectivity index (χ0) is 26.0. The summed E-state index contributed by atoms with van der Waals surface area (Å²) in [4.78, 5) is 40.3. The number of nitrogens with one attached hydrogen (secondary N) is 1. The molecule has 194 valence electrons. The van der Waals surface area contributed by atoms with Gasteiger partial charge in [0.15, 0.2) is 17.3 Å². The fourth-order valence-corrected chi connectivity index (χ4v) is 5.80. The minimum atomic E-state index is -0.955. The molecule has 3 aliphatic rings. The molecular weight excluding hydrogens is 462 g/mol. The Bertz CT molecular complexity index is 1110. The number of ketones is 1. The summed E-state index contributed by atoms with van der Waals surface area (Å²) in [5.74, 6) is -2.48. The van der Waals surface area contributed by atoms with Crippen LogP contribution in [0.1, 0.15) is 63.9 Å². The molecule has 8 nitrogen and oxygen atoms in total. The summed E-state index contributed by atoms with van der Waals surface area (Å²) in [6, 6.07) is 5.38. The van der Waals surface area contributed by atoms with Crippen LogP contribution in [0.5, 0.6) is 11.5 Å². The van der Waals surface area contributed by atoms with Crippen LogP contribution in [0.4, 0.5) is 0 Å². The van der Waals surface area contributed by atoms with Crippen molar-refractivity contribution in [3.63, 3.8) is 0 Å². The highest BCUT2D eigenvalue weighted by molar-refractivity contribution is 6.12. The number of hydrogen-bond acceptors (Lipinski definition) is 8. The normalized spacial score (nSPS) is 24.6. The van der Waals surface area contributed by atoms with Crippen LogP contribution in [0.15, 0.2) is 40.7 Å². The van der Waals surface area contributed by atoms with E-state index in [2.05, 4.69) is 5.32 Å². The van der Waals surface area contributed by atoms with Crippen molar-refractivity contribution in [1.29, 1.82) is 0 Å². The third-order valence-corrected chi connectivity index (χ3v) is 7.53. The van der Waals surface area contributed by atoms with E-state index in [1.54, 1.807) is 12.1 Å². The fraction of sp³-hybridized carbons (Fsp3) is 0.536. The number of rotatable bonds is 6. The Morgan fingerprint density at radius 3 is 2.39 bits per heavy atom. The van der Waals surface area contributed by atoms with E-state index in [1.165, 1.54) is 21.3 Å². The SMILES string of the molecule is COC(=O)[C@H]1C(=O)C2=C(C[C@@H]1C)NC(C)=C(C(=O)OC1CCCCC1)[C@H]2c1cccc(OC)c1OC. The van der Waals surface area contributed by atoms with Gasteiger partial charge in [0.05, 0.1) is 32.8 Å². The summed E-state index contributed by atoms with van der Waals surface area (Å²) in [6.45, 7) is 3.68. The molecule has 3 atom stereocenters.